The zero-order valence-electron chi connectivity index (χ0n) is 10.5. The monoisotopic (exact) mass is 349 g/mol. The smallest absolute Gasteiger partial charge is 0.122 e. The Morgan fingerprint density at radius 1 is 1.22 bits per heavy atom. The molecular weight excluding hydrogens is 335 g/mol. The minimum atomic E-state index is 0. The Morgan fingerprint density at radius 3 is 2.67 bits per heavy atom. The molecule has 0 heterocycles. The third kappa shape index (κ3) is 3.82. The lowest BCUT2D eigenvalue weighted by Crippen LogP contribution is -1.96. The van der Waals surface area contributed by atoms with Crippen LogP contribution in [0.1, 0.15) is 23.6 Å². The van der Waals surface area contributed by atoms with Gasteiger partial charge in [-0.1, -0.05) is 31.2 Å². The molecule has 0 spiro atoms. The van der Waals surface area contributed by atoms with Crippen LogP contribution in [0.3, 0.4) is 0 Å². The Labute approximate surface area is 126 Å². The molecule has 1 nitrogen and oxygen atoms in total. The van der Waals surface area contributed by atoms with E-state index in [1.807, 2.05) is 12.1 Å². The minimum Gasteiger partial charge on any atom is -0.488 e. The summed E-state index contributed by atoms with van der Waals surface area (Å²) in [5, 5.41) is 0. The van der Waals surface area contributed by atoms with Crippen molar-refractivity contribution in [2.75, 3.05) is 0 Å². The molecule has 0 aliphatic carbocycles. The van der Waals surface area contributed by atoms with Crippen molar-refractivity contribution in [3.63, 3.8) is 0 Å². The summed E-state index contributed by atoms with van der Waals surface area (Å²) < 4.78 is 5.74. The molecule has 91 valence electrons. The highest BCUT2D eigenvalue weighted by Crippen LogP contribution is 2.20. The molecule has 1 radical (unpaired) electrons. The maximum absolute atomic E-state index is 5.74. The second kappa shape index (κ2) is 7.13. The summed E-state index contributed by atoms with van der Waals surface area (Å²) in [6.45, 7) is 4.71. The molecule has 2 aromatic rings. The van der Waals surface area contributed by atoms with E-state index in [2.05, 4.69) is 50.2 Å². The molecule has 0 fully saturated rings. The number of aryl methyl sites for hydroxylation is 2. The second-order valence-electron chi connectivity index (χ2n) is 3.93. The van der Waals surface area contributed by atoms with Gasteiger partial charge in [-0.25, -0.2) is 0 Å². The third-order valence-electron chi connectivity index (χ3n) is 2.63. The van der Waals surface area contributed by atoms with Crippen LogP contribution in [0.25, 0.3) is 0 Å². The number of hydrogen-bond acceptors (Lipinski definition) is 1. The van der Waals surface area contributed by atoms with Crippen molar-refractivity contribution in [3.05, 3.63) is 65.2 Å². The lowest BCUT2D eigenvalue weighted by atomic mass is 10.1. The van der Waals surface area contributed by atoms with E-state index in [0.717, 1.165) is 17.7 Å². The molecule has 0 unspecified atom stereocenters. The van der Waals surface area contributed by atoms with Gasteiger partial charge in [-0.15, -0.1) is 0 Å². The third-order valence-corrected chi connectivity index (χ3v) is 2.63. The molecule has 0 aliphatic heterocycles. The molecule has 0 bridgehead atoms. The van der Waals surface area contributed by atoms with Crippen LogP contribution >= 0.6 is 24.0 Å². The van der Waals surface area contributed by atoms with Crippen LogP contribution < -0.4 is 4.74 Å². The van der Waals surface area contributed by atoms with Gasteiger partial charge in [0.05, 0.1) is 0 Å². The number of benzene rings is 1. The molecule has 0 atom stereocenters. The SMILES string of the molecule is CCc1ccc(OCc2c#cc#cc2)c(C)c1.[I]. The number of rotatable bonds is 4. The van der Waals surface area contributed by atoms with Crippen LogP contribution in [0.2, 0.25) is 0 Å². The molecule has 18 heavy (non-hydrogen) atoms. The van der Waals surface area contributed by atoms with Crippen molar-refractivity contribution < 1.29 is 4.74 Å². The predicted octanol–water partition coefficient (Wildman–Crippen LogP) is 4.22. The van der Waals surface area contributed by atoms with Gasteiger partial charge in [0.2, 0.25) is 0 Å². The Hall–Kier alpha value is -1.39. The zero-order valence-corrected chi connectivity index (χ0v) is 12.7. The van der Waals surface area contributed by atoms with Crippen LogP contribution in [0.15, 0.2) is 24.3 Å². The maximum Gasteiger partial charge on any atom is 0.122 e. The fourth-order valence-electron chi connectivity index (χ4n) is 1.63. The molecule has 0 N–H and O–H groups in total. The highest BCUT2D eigenvalue weighted by molar-refractivity contribution is 14.0. The summed E-state index contributed by atoms with van der Waals surface area (Å²) in [5.74, 6) is 0.920. The Bertz CT molecular complexity index is 480. The first-order valence-electron chi connectivity index (χ1n) is 5.72. The Balaban J connectivity index is 0.00000162. The van der Waals surface area contributed by atoms with E-state index in [-0.39, 0.29) is 24.0 Å². The number of hydrogen-bond donors (Lipinski definition) is 0. The van der Waals surface area contributed by atoms with Gasteiger partial charge in [0.25, 0.3) is 0 Å². The van der Waals surface area contributed by atoms with Crippen LogP contribution in [-0.2, 0) is 13.0 Å². The Kier molecular flexibility index (Phi) is 5.82. The lowest BCUT2D eigenvalue weighted by Gasteiger charge is -2.09. The maximum atomic E-state index is 5.74. The molecule has 2 rings (SSSR count). The highest BCUT2D eigenvalue weighted by Gasteiger charge is 2.00. The number of halogens is 1. The fourth-order valence-corrected chi connectivity index (χ4v) is 1.63. The lowest BCUT2D eigenvalue weighted by molar-refractivity contribution is 0.304. The topological polar surface area (TPSA) is 9.23 Å². The van der Waals surface area contributed by atoms with Gasteiger partial charge >= 0.3 is 0 Å². The molecule has 2 aromatic carbocycles. The van der Waals surface area contributed by atoms with Crippen LogP contribution in [-0.4, -0.2) is 0 Å². The quantitative estimate of drug-likeness (QED) is 0.751. The largest absolute Gasteiger partial charge is 0.488 e. The van der Waals surface area contributed by atoms with Crippen molar-refractivity contribution >= 4 is 24.0 Å². The summed E-state index contributed by atoms with van der Waals surface area (Å²) in [6, 6.07) is 19.3. The average Bonchev–Trinajstić information content (AvgIpc) is 2.38. The molecule has 0 saturated carbocycles. The predicted molar refractivity (Wildman–Crippen MR) is 80.7 cm³/mol. The fraction of sp³-hybridized carbons (Fsp3) is 0.250. The molecule has 0 aliphatic rings. The van der Waals surface area contributed by atoms with E-state index in [4.69, 9.17) is 4.74 Å². The molecule has 2 heteroatoms. The van der Waals surface area contributed by atoms with Crippen LogP contribution in [0.4, 0.5) is 0 Å². The van der Waals surface area contributed by atoms with Gasteiger partial charge in [0.15, 0.2) is 0 Å². The summed E-state index contributed by atoms with van der Waals surface area (Å²) in [4.78, 5) is 0. The van der Waals surface area contributed by atoms with Gasteiger partial charge in [-0.2, -0.15) is 0 Å². The van der Waals surface area contributed by atoms with Crippen LogP contribution in [0.5, 0.6) is 5.75 Å². The van der Waals surface area contributed by atoms with E-state index in [1.165, 1.54) is 11.1 Å². The first kappa shape index (κ1) is 14.7. The second-order valence-corrected chi connectivity index (χ2v) is 3.93. The normalized spacial score (nSPS) is 8.78. The highest BCUT2D eigenvalue weighted by atomic mass is 127. The summed E-state index contributed by atoms with van der Waals surface area (Å²) >= 11 is 0. The van der Waals surface area contributed by atoms with Crippen molar-refractivity contribution in [1.29, 1.82) is 0 Å². The molecule has 0 aromatic heterocycles. The van der Waals surface area contributed by atoms with Gasteiger partial charge in [0.1, 0.15) is 12.4 Å². The van der Waals surface area contributed by atoms with Gasteiger partial charge in [0, 0.05) is 35.6 Å². The van der Waals surface area contributed by atoms with E-state index < -0.39 is 0 Å². The summed E-state index contributed by atoms with van der Waals surface area (Å²) in [7, 11) is 0. The summed E-state index contributed by atoms with van der Waals surface area (Å²) in [5.41, 5.74) is 3.43. The van der Waals surface area contributed by atoms with Crippen molar-refractivity contribution in [1.82, 2.24) is 0 Å². The first-order valence-corrected chi connectivity index (χ1v) is 5.72. The molecule has 0 amide bonds. The van der Waals surface area contributed by atoms with E-state index in [9.17, 15) is 0 Å². The van der Waals surface area contributed by atoms with Crippen LogP contribution in [0, 0.1) is 31.2 Å². The van der Waals surface area contributed by atoms with E-state index in [1.54, 1.807) is 0 Å². The van der Waals surface area contributed by atoms with E-state index >= 15 is 0 Å². The zero-order chi connectivity index (χ0) is 12.1. The van der Waals surface area contributed by atoms with Gasteiger partial charge < -0.3 is 4.74 Å². The van der Waals surface area contributed by atoms with Gasteiger partial charge in [-0.3, -0.25) is 0 Å². The summed E-state index contributed by atoms with van der Waals surface area (Å²) in [6.07, 6.45) is 1.05. The van der Waals surface area contributed by atoms with Crippen molar-refractivity contribution in [3.8, 4) is 5.75 Å². The Morgan fingerprint density at radius 2 is 2.06 bits per heavy atom. The van der Waals surface area contributed by atoms with Crippen molar-refractivity contribution in [2.24, 2.45) is 0 Å². The standard InChI is InChI=1S/C16H14O.I/c1-3-14-9-10-16(13(2)11-14)17-12-15-7-5-4-6-8-15;/h7,9-11H,3,12H2,1-2H3;. The van der Waals surface area contributed by atoms with E-state index in [0.29, 0.717) is 6.61 Å². The minimum absolute atomic E-state index is 0. The van der Waals surface area contributed by atoms with Crippen molar-refractivity contribution in [2.45, 2.75) is 26.9 Å². The van der Waals surface area contributed by atoms with Gasteiger partial charge in [-0.05, 0) is 42.7 Å². The number of ether oxygens (including phenoxy) is 1. The molecular formula is C16H14IO. The molecule has 0 saturated heterocycles. The first-order chi connectivity index (χ1) is 8.29. The average molecular weight is 349 g/mol.